The molecular weight excluding hydrogens is 192 g/mol. The van der Waals surface area contributed by atoms with Gasteiger partial charge in [0.25, 0.3) is 0 Å². The van der Waals surface area contributed by atoms with Gasteiger partial charge in [-0.2, -0.15) is 0 Å². The van der Waals surface area contributed by atoms with Crippen LogP contribution in [0.1, 0.15) is 5.56 Å². The molecule has 0 spiro atoms. The lowest BCUT2D eigenvalue weighted by Gasteiger charge is -2.14. The van der Waals surface area contributed by atoms with Crippen LogP contribution in [0.15, 0.2) is 30.3 Å². The van der Waals surface area contributed by atoms with E-state index >= 15 is 0 Å². The lowest BCUT2D eigenvalue weighted by molar-refractivity contribution is -0.124. The highest BCUT2D eigenvalue weighted by molar-refractivity contribution is 5.83. The molecule has 0 heterocycles. The normalized spacial score (nSPS) is 11.5. The molecule has 0 saturated carbocycles. The van der Waals surface area contributed by atoms with E-state index in [1.54, 1.807) is 7.05 Å². The third-order valence-corrected chi connectivity index (χ3v) is 2.11. The van der Waals surface area contributed by atoms with Crippen molar-refractivity contribution >= 4 is 12.3 Å². The largest absolute Gasteiger partial charge is 0.357 e. The van der Waals surface area contributed by atoms with E-state index in [1.165, 1.54) is 0 Å². The Morgan fingerprint density at radius 3 is 2.60 bits per heavy atom. The van der Waals surface area contributed by atoms with E-state index in [9.17, 15) is 9.59 Å². The Balaban J connectivity index is 2.66. The van der Waals surface area contributed by atoms with Crippen LogP contribution in [0.25, 0.3) is 0 Å². The Morgan fingerprint density at radius 1 is 1.40 bits per heavy atom. The molecule has 0 fully saturated rings. The third-order valence-electron chi connectivity index (χ3n) is 2.11. The van der Waals surface area contributed by atoms with Crippen molar-refractivity contribution in [2.24, 2.45) is 0 Å². The number of rotatable bonds is 5. The first-order valence-electron chi connectivity index (χ1n) is 4.73. The minimum absolute atomic E-state index is 0.189. The van der Waals surface area contributed by atoms with Crippen molar-refractivity contribution in [1.29, 1.82) is 0 Å². The second-order valence-corrected chi connectivity index (χ2v) is 3.14. The fourth-order valence-corrected chi connectivity index (χ4v) is 1.33. The predicted molar refractivity (Wildman–Crippen MR) is 57.2 cm³/mol. The summed E-state index contributed by atoms with van der Waals surface area (Å²) in [5, 5.41) is 5.00. The zero-order valence-electron chi connectivity index (χ0n) is 8.57. The fourth-order valence-electron chi connectivity index (χ4n) is 1.33. The Morgan fingerprint density at radius 2 is 2.07 bits per heavy atom. The second kappa shape index (κ2) is 5.80. The van der Waals surface area contributed by atoms with E-state index in [2.05, 4.69) is 10.6 Å². The number of carbonyl (C=O) groups excluding carboxylic acids is 2. The quantitative estimate of drug-likeness (QED) is 0.671. The molecule has 4 nitrogen and oxygen atoms in total. The fraction of sp³-hybridized carbons (Fsp3) is 0.273. The molecule has 0 aliphatic carbocycles. The molecule has 0 bridgehead atoms. The predicted octanol–water partition coefficient (Wildman–Crippen LogP) is 0.0897. The molecule has 4 heteroatoms. The number of hydrogen-bond acceptors (Lipinski definition) is 2. The van der Waals surface area contributed by atoms with Crippen LogP contribution in [-0.2, 0) is 16.0 Å². The summed E-state index contributed by atoms with van der Waals surface area (Å²) < 4.78 is 0. The van der Waals surface area contributed by atoms with E-state index in [-0.39, 0.29) is 5.91 Å². The lowest BCUT2D eigenvalue weighted by Crippen LogP contribution is -2.43. The number of hydrogen-bond donors (Lipinski definition) is 2. The molecule has 15 heavy (non-hydrogen) atoms. The molecule has 1 aromatic rings. The van der Waals surface area contributed by atoms with Gasteiger partial charge < -0.3 is 10.6 Å². The van der Waals surface area contributed by atoms with Crippen LogP contribution >= 0.6 is 0 Å². The van der Waals surface area contributed by atoms with Crippen molar-refractivity contribution in [2.45, 2.75) is 12.5 Å². The zero-order valence-corrected chi connectivity index (χ0v) is 8.57. The maximum atomic E-state index is 11.4. The molecule has 0 aliphatic heterocycles. The van der Waals surface area contributed by atoms with Crippen LogP contribution in [0.2, 0.25) is 0 Å². The molecule has 1 aromatic carbocycles. The average Bonchev–Trinajstić information content (AvgIpc) is 2.29. The van der Waals surface area contributed by atoms with Crippen LogP contribution < -0.4 is 10.6 Å². The van der Waals surface area contributed by atoms with Gasteiger partial charge in [0.05, 0.1) is 0 Å². The van der Waals surface area contributed by atoms with Gasteiger partial charge >= 0.3 is 0 Å². The van der Waals surface area contributed by atoms with Gasteiger partial charge in [0.1, 0.15) is 6.04 Å². The topological polar surface area (TPSA) is 58.2 Å². The van der Waals surface area contributed by atoms with Gasteiger partial charge in [-0.25, -0.2) is 0 Å². The number of nitrogens with one attached hydrogen (secondary N) is 2. The number of carbonyl (C=O) groups is 2. The highest BCUT2D eigenvalue weighted by Crippen LogP contribution is 2.02. The molecule has 1 unspecified atom stereocenters. The van der Waals surface area contributed by atoms with Gasteiger partial charge in [-0.05, 0) is 5.56 Å². The van der Waals surface area contributed by atoms with E-state index in [4.69, 9.17) is 0 Å². The standard InChI is InChI=1S/C11H14N2O2/c1-12-11(15)10(13-8-14)7-9-5-3-2-4-6-9/h2-6,8,10H,7H2,1H3,(H,12,15)(H,13,14). The highest BCUT2D eigenvalue weighted by Gasteiger charge is 2.15. The summed E-state index contributed by atoms with van der Waals surface area (Å²) in [5.41, 5.74) is 1.01. The van der Waals surface area contributed by atoms with E-state index in [0.717, 1.165) is 5.56 Å². The van der Waals surface area contributed by atoms with Gasteiger partial charge in [0.2, 0.25) is 12.3 Å². The van der Waals surface area contributed by atoms with Gasteiger partial charge in [-0.15, -0.1) is 0 Å². The Bertz CT molecular complexity index is 325. The minimum atomic E-state index is -0.505. The molecular formula is C11H14N2O2. The summed E-state index contributed by atoms with van der Waals surface area (Å²) >= 11 is 0. The Labute approximate surface area is 88.7 Å². The first kappa shape index (κ1) is 11.2. The van der Waals surface area contributed by atoms with Gasteiger partial charge in [0.15, 0.2) is 0 Å². The van der Waals surface area contributed by atoms with Crippen LogP contribution in [0.4, 0.5) is 0 Å². The average molecular weight is 206 g/mol. The summed E-state index contributed by atoms with van der Waals surface area (Å²) in [6.07, 6.45) is 1.04. The first-order valence-corrected chi connectivity index (χ1v) is 4.73. The smallest absolute Gasteiger partial charge is 0.242 e. The van der Waals surface area contributed by atoms with Gasteiger partial charge in [0, 0.05) is 13.5 Å². The Hall–Kier alpha value is -1.84. The third kappa shape index (κ3) is 3.42. The van der Waals surface area contributed by atoms with Crippen LogP contribution in [0.5, 0.6) is 0 Å². The lowest BCUT2D eigenvalue weighted by atomic mass is 10.1. The molecule has 1 rings (SSSR count). The number of likely N-dealkylation sites (N-methyl/N-ethyl adjacent to an activating group) is 1. The van der Waals surface area contributed by atoms with Crippen molar-refractivity contribution in [3.63, 3.8) is 0 Å². The SMILES string of the molecule is CNC(=O)C(Cc1ccccc1)NC=O. The molecule has 2 amide bonds. The maximum Gasteiger partial charge on any atom is 0.242 e. The summed E-state index contributed by atoms with van der Waals surface area (Å²) in [6, 6.07) is 9.04. The minimum Gasteiger partial charge on any atom is -0.357 e. The molecule has 0 aromatic heterocycles. The summed E-state index contributed by atoms with van der Waals surface area (Å²) in [6.45, 7) is 0. The molecule has 2 N–H and O–H groups in total. The van der Waals surface area contributed by atoms with Crippen molar-refractivity contribution in [1.82, 2.24) is 10.6 Å². The van der Waals surface area contributed by atoms with Crippen LogP contribution in [0.3, 0.4) is 0 Å². The molecule has 0 saturated heterocycles. The molecule has 0 aliphatic rings. The molecule has 1 atom stereocenters. The van der Waals surface area contributed by atoms with Crippen LogP contribution in [0, 0.1) is 0 Å². The molecule has 80 valence electrons. The van der Waals surface area contributed by atoms with Crippen molar-refractivity contribution in [2.75, 3.05) is 7.05 Å². The second-order valence-electron chi connectivity index (χ2n) is 3.14. The van der Waals surface area contributed by atoms with Crippen molar-refractivity contribution in [3.8, 4) is 0 Å². The zero-order chi connectivity index (χ0) is 11.1. The first-order chi connectivity index (χ1) is 7.27. The summed E-state index contributed by atoms with van der Waals surface area (Å²) in [7, 11) is 1.55. The van der Waals surface area contributed by atoms with E-state index in [0.29, 0.717) is 12.8 Å². The monoisotopic (exact) mass is 206 g/mol. The summed E-state index contributed by atoms with van der Waals surface area (Å²) in [5.74, 6) is -0.189. The van der Waals surface area contributed by atoms with Gasteiger partial charge in [-0.1, -0.05) is 30.3 Å². The number of benzene rings is 1. The highest BCUT2D eigenvalue weighted by atomic mass is 16.2. The van der Waals surface area contributed by atoms with E-state index < -0.39 is 6.04 Å². The van der Waals surface area contributed by atoms with Crippen molar-refractivity contribution in [3.05, 3.63) is 35.9 Å². The maximum absolute atomic E-state index is 11.4. The van der Waals surface area contributed by atoms with E-state index in [1.807, 2.05) is 30.3 Å². The molecule has 0 radical (unpaired) electrons. The summed E-state index contributed by atoms with van der Waals surface area (Å²) in [4.78, 5) is 21.7. The van der Waals surface area contributed by atoms with Gasteiger partial charge in [-0.3, -0.25) is 9.59 Å². The van der Waals surface area contributed by atoms with Crippen molar-refractivity contribution < 1.29 is 9.59 Å². The van der Waals surface area contributed by atoms with Crippen LogP contribution in [-0.4, -0.2) is 25.4 Å². The number of amides is 2. The Kier molecular flexibility index (Phi) is 4.34.